The first-order valence-electron chi connectivity index (χ1n) is 5.23. The molecule has 0 aliphatic carbocycles. The van der Waals surface area contributed by atoms with Crippen LogP contribution in [-0.4, -0.2) is 9.96 Å². The molecule has 1 unspecified atom stereocenters. The molecule has 0 spiro atoms. The molecule has 0 aromatic heterocycles. The normalized spacial score (nSPS) is 13.1. The molecule has 0 fully saturated rings. The van der Waals surface area contributed by atoms with Gasteiger partial charge in [-0.3, -0.25) is 4.21 Å². The molecule has 0 saturated carbocycles. The van der Waals surface area contributed by atoms with Gasteiger partial charge in [0, 0.05) is 10.6 Å². The molecule has 0 amide bonds. The summed E-state index contributed by atoms with van der Waals surface area (Å²) in [6.45, 7) is 4.31. The Labute approximate surface area is 93.2 Å². The smallest absolute Gasteiger partial charge is 0.123 e. The molecule has 84 valence electrons. The van der Waals surface area contributed by atoms with E-state index in [2.05, 4.69) is 13.8 Å². The van der Waals surface area contributed by atoms with Crippen LogP contribution >= 0.6 is 0 Å². The van der Waals surface area contributed by atoms with Gasteiger partial charge in [-0.05, 0) is 36.6 Å². The van der Waals surface area contributed by atoms with E-state index in [4.69, 9.17) is 0 Å². The van der Waals surface area contributed by atoms with Crippen molar-refractivity contribution in [1.29, 1.82) is 0 Å². The van der Waals surface area contributed by atoms with Gasteiger partial charge in [-0.2, -0.15) is 0 Å². The second-order valence-electron chi connectivity index (χ2n) is 4.04. The van der Waals surface area contributed by atoms with Crippen molar-refractivity contribution in [3.63, 3.8) is 0 Å². The molecule has 1 nitrogen and oxygen atoms in total. The maximum absolute atomic E-state index is 12.6. The van der Waals surface area contributed by atoms with Crippen LogP contribution in [0.4, 0.5) is 4.39 Å². The van der Waals surface area contributed by atoms with E-state index in [0.717, 1.165) is 17.7 Å². The fourth-order valence-electron chi connectivity index (χ4n) is 1.33. The van der Waals surface area contributed by atoms with Crippen LogP contribution in [-0.2, 0) is 10.8 Å². The fourth-order valence-corrected chi connectivity index (χ4v) is 2.43. The van der Waals surface area contributed by atoms with Crippen LogP contribution in [0.5, 0.6) is 0 Å². The molecule has 1 atom stereocenters. The van der Waals surface area contributed by atoms with E-state index in [-0.39, 0.29) is 5.82 Å². The summed E-state index contributed by atoms with van der Waals surface area (Å²) in [5.41, 5.74) is 0. The Morgan fingerprint density at radius 1 is 1.27 bits per heavy atom. The first-order chi connectivity index (χ1) is 7.09. The highest BCUT2D eigenvalue weighted by Crippen LogP contribution is 2.11. The molecule has 15 heavy (non-hydrogen) atoms. The van der Waals surface area contributed by atoms with E-state index in [9.17, 15) is 8.60 Å². The van der Waals surface area contributed by atoms with Crippen molar-refractivity contribution in [2.75, 3.05) is 5.75 Å². The van der Waals surface area contributed by atoms with Gasteiger partial charge >= 0.3 is 0 Å². The lowest BCUT2D eigenvalue weighted by Crippen LogP contribution is -2.00. The molecule has 0 saturated heterocycles. The van der Waals surface area contributed by atoms with Crippen molar-refractivity contribution in [2.45, 2.75) is 31.6 Å². The second kappa shape index (κ2) is 6.01. The third-order valence-electron chi connectivity index (χ3n) is 2.19. The third kappa shape index (κ3) is 4.56. The van der Waals surface area contributed by atoms with E-state index in [0.29, 0.717) is 11.7 Å². The minimum absolute atomic E-state index is 0.280. The fraction of sp³-hybridized carbons (Fsp3) is 0.500. The van der Waals surface area contributed by atoms with E-state index in [1.165, 1.54) is 12.1 Å². The molecule has 1 aromatic rings. The van der Waals surface area contributed by atoms with E-state index < -0.39 is 10.8 Å². The SMILES string of the molecule is CC(C)CCCS(=O)c1ccc(F)cc1. The maximum Gasteiger partial charge on any atom is 0.123 e. The summed E-state index contributed by atoms with van der Waals surface area (Å²) in [5, 5.41) is 0. The van der Waals surface area contributed by atoms with Gasteiger partial charge in [0.25, 0.3) is 0 Å². The zero-order valence-corrected chi connectivity index (χ0v) is 10.0. The van der Waals surface area contributed by atoms with Gasteiger partial charge in [0.05, 0.1) is 10.8 Å². The Kier molecular flexibility index (Phi) is 4.95. The van der Waals surface area contributed by atoms with Gasteiger partial charge in [0.2, 0.25) is 0 Å². The number of halogens is 1. The van der Waals surface area contributed by atoms with E-state index >= 15 is 0 Å². The average molecular weight is 228 g/mol. The summed E-state index contributed by atoms with van der Waals surface area (Å²) in [5.74, 6) is 1.04. The van der Waals surface area contributed by atoms with Crippen LogP contribution in [0, 0.1) is 11.7 Å². The van der Waals surface area contributed by atoms with Crippen molar-refractivity contribution < 1.29 is 8.60 Å². The molecule has 0 aliphatic rings. The van der Waals surface area contributed by atoms with Gasteiger partial charge in [0.1, 0.15) is 5.82 Å². The van der Waals surface area contributed by atoms with Crippen molar-refractivity contribution in [3.05, 3.63) is 30.1 Å². The molecule has 0 radical (unpaired) electrons. The molecule has 3 heteroatoms. The lowest BCUT2D eigenvalue weighted by molar-refractivity contribution is 0.575. The van der Waals surface area contributed by atoms with Crippen LogP contribution in [0.1, 0.15) is 26.7 Å². The molecular weight excluding hydrogens is 211 g/mol. The molecule has 1 aromatic carbocycles. The Bertz CT molecular complexity index is 319. The summed E-state index contributed by atoms with van der Waals surface area (Å²) in [4.78, 5) is 0.722. The van der Waals surface area contributed by atoms with Crippen molar-refractivity contribution >= 4 is 10.8 Å². The lowest BCUT2D eigenvalue weighted by atomic mass is 10.1. The first kappa shape index (κ1) is 12.4. The predicted octanol–water partition coefficient (Wildman–Crippen LogP) is 3.37. The third-order valence-corrected chi connectivity index (χ3v) is 3.65. The lowest BCUT2D eigenvalue weighted by Gasteiger charge is -2.04. The molecular formula is C12H17FOS. The first-order valence-corrected chi connectivity index (χ1v) is 6.55. The minimum Gasteiger partial charge on any atom is -0.254 e. The second-order valence-corrected chi connectivity index (χ2v) is 5.61. The van der Waals surface area contributed by atoms with Gasteiger partial charge < -0.3 is 0 Å². The molecule has 0 N–H and O–H groups in total. The van der Waals surface area contributed by atoms with Gasteiger partial charge in [0.15, 0.2) is 0 Å². The Hall–Kier alpha value is -0.700. The molecule has 1 rings (SSSR count). The largest absolute Gasteiger partial charge is 0.254 e. The monoisotopic (exact) mass is 228 g/mol. The number of hydrogen-bond donors (Lipinski definition) is 0. The summed E-state index contributed by atoms with van der Waals surface area (Å²) in [6, 6.07) is 5.91. The van der Waals surface area contributed by atoms with Crippen LogP contribution in [0.3, 0.4) is 0 Å². The maximum atomic E-state index is 12.6. The van der Waals surface area contributed by atoms with E-state index in [1.807, 2.05) is 0 Å². The Morgan fingerprint density at radius 3 is 2.40 bits per heavy atom. The van der Waals surface area contributed by atoms with Crippen LogP contribution < -0.4 is 0 Å². The van der Waals surface area contributed by atoms with Gasteiger partial charge in [-0.15, -0.1) is 0 Å². The zero-order chi connectivity index (χ0) is 11.3. The summed E-state index contributed by atoms with van der Waals surface area (Å²) in [7, 11) is -0.975. The average Bonchev–Trinajstić information content (AvgIpc) is 2.18. The number of hydrogen-bond acceptors (Lipinski definition) is 1. The highest BCUT2D eigenvalue weighted by Gasteiger charge is 2.04. The summed E-state index contributed by atoms with van der Waals surface area (Å²) < 4.78 is 24.3. The van der Waals surface area contributed by atoms with Gasteiger partial charge in [-0.25, -0.2) is 4.39 Å². The van der Waals surface area contributed by atoms with Crippen LogP contribution in [0.15, 0.2) is 29.2 Å². The standard InChI is InChI=1S/C12H17FOS/c1-10(2)4-3-9-15(14)12-7-5-11(13)6-8-12/h5-8,10H,3-4,9H2,1-2H3. The van der Waals surface area contributed by atoms with Gasteiger partial charge in [-0.1, -0.05) is 20.3 Å². The Balaban J connectivity index is 2.43. The zero-order valence-electron chi connectivity index (χ0n) is 9.20. The highest BCUT2D eigenvalue weighted by molar-refractivity contribution is 7.85. The van der Waals surface area contributed by atoms with E-state index in [1.54, 1.807) is 12.1 Å². The number of rotatable bonds is 5. The molecule has 0 heterocycles. The summed E-state index contributed by atoms with van der Waals surface area (Å²) in [6.07, 6.45) is 2.05. The molecule has 0 bridgehead atoms. The predicted molar refractivity (Wildman–Crippen MR) is 61.7 cm³/mol. The summed E-state index contributed by atoms with van der Waals surface area (Å²) >= 11 is 0. The van der Waals surface area contributed by atoms with Crippen molar-refractivity contribution in [2.24, 2.45) is 5.92 Å². The topological polar surface area (TPSA) is 17.1 Å². The van der Waals surface area contributed by atoms with Crippen LogP contribution in [0.2, 0.25) is 0 Å². The molecule has 0 aliphatic heterocycles. The van der Waals surface area contributed by atoms with Crippen LogP contribution in [0.25, 0.3) is 0 Å². The Morgan fingerprint density at radius 2 is 1.87 bits per heavy atom. The van der Waals surface area contributed by atoms with Crippen molar-refractivity contribution in [1.82, 2.24) is 0 Å². The quantitative estimate of drug-likeness (QED) is 0.755. The minimum atomic E-state index is -0.975. The number of benzene rings is 1. The van der Waals surface area contributed by atoms with Crippen molar-refractivity contribution in [3.8, 4) is 0 Å². The highest BCUT2D eigenvalue weighted by atomic mass is 32.2.